The monoisotopic (exact) mass is 331 g/mol. The van der Waals surface area contributed by atoms with E-state index in [1.54, 1.807) is 0 Å². The first-order valence-corrected chi connectivity index (χ1v) is 7.51. The molecule has 102 valence electrons. The Labute approximate surface area is 126 Å². The molecule has 0 unspecified atom stereocenters. The van der Waals surface area contributed by atoms with Crippen LogP contribution in [0, 0.1) is 0 Å². The molecule has 20 heavy (non-hydrogen) atoms. The lowest BCUT2D eigenvalue weighted by atomic mass is 10.1. The predicted octanol–water partition coefficient (Wildman–Crippen LogP) is 3.74. The second-order valence-corrected chi connectivity index (χ2v) is 5.95. The zero-order chi connectivity index (χ0) is 13.5. The Hall–Kier alpha value is -1.68. The van der Waals surface area contributed by atoms with Gasteiger partial charge < -0.3 is 14.4 Å². The van der Waals surface area contributed by atoms with Crippen molar-refractivity contribution < 1.29 is 9.47 Å². The zero-order valence-electron chi connectivity index (χ0n) is 10.9. The lowest BCUT2D eigenvalue weighted by molar-refractivity contribution is 0.174. The smallest absolute Gasteiger partial charge is 0.231 e. The van der Waals surface area contributed by atoms with Crippen LogP contribution in [0.1, 0.15) is 11.1 Å². The Morgan fingerprint density at radius 1 is 1.10 bits per heavy atom. The molecule has 2 aromatic rings. The fourth-order valence-corrected chi connectivity index (χ4v) is 3.30. The second-order valence-electron chi connectivity index (χ2n) is 5.10. The van der Waals surface area contributed by atoms with Gasteiger partial charge in [-0.25, -0.2) is 0 Å². The summed E-state index contributed by atoms with van der Waals surface area (Å²) in [6.07, 6.45) is 1.12. The highest BCUT2D eigenvalue weighted by molar-refractivity contribution is 9.10. The highest BCUT2D eigenvalue weighted by atomic mass is 79.9. The molecule has 4 rings (SSSR count). The number of halogens is 1. The average molecular weight is 332 g/mol. The molecule has 0 saturated heterocycles. The molecule has 0 aliphatic carbocycles. The molecule has 0 bridgehead atoms. The van der Waals surface area contributed by atoms with Gasteiger partial charge in [-0.1, -0.05) is 34.1 Å². The number of anilines is 1. The van der Waals surface area contributed by atoms with Crippen molar-refractivity contribution >= 4 is 21.6 Å². The second kappa shape index (κ2) is 4.70. The Morgan fingerprint density at radius 3 is 2.80 bits per heavy atom. The van der Waals surface area contributed by atoms with Gasteiger partial charge in [0.15, 0.2) is 11.5 Å². The van der Waals surface area contributed by atoms with E-state index in [2.05, 4.69) is 51.2 Å². The quantitative estimate of drug-likeness (QED) is 0.836. The van der Waals surface area contributed by atoms with Crippen LogP contribution < -0.4 is 14.4 Å². The van der Waals surface area contributed by atoms with Crippen molar-refractivity contribution in [2.24, 2.45) is 0 Å². The first kappa shape index (κ1) is 12.1. The van der Waals surface area contributed by atoms with E-state index in [9.17, 15) is 0 Å². The summed E-state index contributed by atoms with van der Waals surface area (Å²) in [6, 6.07) is 12.7. The third kappa shape index (κ3) is 1.95. The molecule has 0 amide bonds. The predicted molar refractivity (Wildman–Crippen MR) is 81.5 cm³/mol. The highest BCUT2D eigenvalue weighted by Gasteiger charge is 2.21. The number of fused-ring (bicyclic) bond motifs is 2. The zero-order valence-corrected chi connectivity index (χ0v) is 12.5. The van der Waals surface area contributed by atoms with E-state index in [0.29, 0.717) is 6.79 Å². The van der Waals surface area contributed by atoms with Gasteiger partial charge in [0, 0.05) is 23.2 Å². The van der Waals surface area contributed by atoms with Crippen molar-refractivity contribution in [2.75, 3.05) is 18.2 Å². The number of hydrogen-bond acceptors (Lipinski definition) is 3. The number of nitrogens with zero attached hydrogens (tertiary/aromatic N) is 1. The summed E-state index contributed by atoms with van der Waals surface area (Å²) in [7, 11) is 0. The summed E-state index contributed by atoms with van der Waals surface area (Å²) in [5, 5.41) is 0. The van der Waals surface area contributed by atoms with Gasteiger partial charge in [-0.15, -0.1) is 0 Å². The Balaban J connectivity index is 1.64. The summed E-state index contributed by atoms with van der Waals surface area (Å²) in [4.78, 5) is 2.41. The Kier molecular flexibility index (Phi) is 2.84. The molecule has 2 heterocycles. The third-order valence-electron chi connectivity index (χ3n) is 3.89. The summed E-state index contributed by atoms with van der Waals surface area (Å²) in [5.41, 5.74) is 4.01. The molecule has 0 spiro atoms. The molecule has 2 aliphatic heterocycles. The number of ether oxygens (including phenoxy) is 2. The highest BCUT2D eigenvalue weighted by Crippen LogP contribution is 2.38. The molecule has 0 saturated carbocycles. The number of benzene rings is 2. The van der Waals surface area contributed by atoms with E-state index in [4.69, 9.17) is 9.47 Å². The van der Waals surface area contributed by atoms with E-state index >= 15 is 0 Å². The minimum absolute atomic E-state index is 0.317. The van der Waals surface area contributed by atoms with Crippen molar-refractivity contribution in [3.63, 3.8) is 0 Å². The summed E-state index contributed by atoms with van der Waals surface area (Å²) < 4.78 is 11.9. The first-order chi connectivity index (χ1) is 9.81. The van der Waals surface area contributed by atoms with Gasteiger partial charge >= 0.3 is 0 Å². The van der Waals surface area contributed by atoms with Crippen LogP contribution in [-0.2, 0) is 13.0 Å². The topological polar surface area (TPSA) is 21.7 Å². The van der Waals surface area contributed by atoms with E-state index < -0.39 is 0 Å². The lowest BCUT2D eigenvalue weighted by Crippen LogP contribution is -2.19. The molecule has 3 nitrogen and oxygen atoms in total. The van der Waals surface area contributed by atoms with Gasteiger partial charge in [-0.05, 0) is 35.7 Å². The molecular formula is C16H14BrNO2. The Bertz CT molecular complexity index is 672. The van der Waals surface area contributed by atoms with E-state index in [1.807, 2.05) is 6.07 Å². The van der Waals surface area contributed by atoms with Crippen LogP contribution in [0.2, 0.25) is 0 Å². The fourth-order valence-electron chi connectivity index (χ4n) is 2.86. The minimum atomic E-state index is 0.317. The third-order valence-corrected chi connectivity index (χ3v) is 4.62. The standard InChI is InChI=1S/C16H14BrNO2/c17-13-8-16-15(19-10-20-16)7-12(13)9-18-6-5-11-3-1-2-4-14(11)18/h1-4,7-8H,5-6,9-10H2. The van der Waals surface area contributed by atoms with Gasteiger partial charge in [0.2, 0.25) is 6.79 Å². The van der Waals surface area contributed by atoms with Crippen LogP contribution in [-0.4, -0.2) is 13.3 Å². The van der Waals surface area contributed by atoms with E-state index in [0.717, 1.165) is 35.5 Å². The molecule has 0 N–H and O–H groups in total. The largest absolute Gasteiger partial charge is 0.454 e. The fraction of sp³-hybridized carbons (Fsp3) is 0.250. The molecule has 2 aliphatic rings. The average Bonchev–Trinajstić information content (AvgIpc) is 3.06. The van der Waals surface area contributed by atoms with Crippen molar-refractivity contribution in [3.8, 4) is 11.5 Å². The van der Waals surface area contributed by atoms with Gasteiger partial charge in [0.05, 0.1) is 0 Å². The molecule has 0 aromatic heterocycles. The SMILES string of the molecule is Brc1cc2c(cc1CN1CCc3ccccc31)OCO2. The first-order valence-electron chi connectivity index (χ1n) is 6.72. The van der Waals surface area contributed by atoms with E-state index in [1.165, 1.54) is 16.8 Å². The van der Waals surface area contributed by atoms with E-state index in [-0.39, 0.29) is 0 Å². The summed E-state index contributed by atoms with van der Waals surface area (Å²) in [5.74, 6) is 1.66. The number of para-hydroxylation sites is 1. The minimum Gasteiger partial charge on any atom is -0.454 e. The van der Waals surface area contributed by atoms with Crippen LogP contribution in [0.5, 0.6) is 11.5 Å². The maximum Gasteiger partial charge on any atom is 0.231 e. The van der Waals surface area contributed by atoms with Gasteiger partial charge in [-0.2, -0.15) is 0 Å². The molecule has 4 heteroatoms. The lowest BCUT2D eigenvalue weighted by Gasteiger charge is -2.20. The number of rotatable bonds is 2. The molecule has 0 fully saturated rings. The normalized spacial score (nSPS) is 15.6. The molecule has 0 radical (unpaired) electrons. The van der Waals surface area contributed by atoms with Crippen molar-refractivity contribution in [1.29, 1.82) is 0 Å². The van der Waals surface area contributed by atoms with Crippen molar-refractivity contribution in [1.82, 2.24) is 0 Å². The molecule has 0 atom stereocenters. The van der Waals surface area contributed by atoms with Crippen molar-refractivity contribution in [3.05, 3.63) is 52.0 Å². The molecular weight excluding hydrogens is 318 g/mol. The Morgan fingerprint density at radius 2 is 1.90 bits per heavy atom. The maximum atomic E-state index is 5.47. The van der Waals surface area contributed by atoms with Crippen LogP contribution >= 0.6 is 15.9 Å². The van der Waals surface area contributed by atoms with Crippen LogP contribution in [0.15, 0.2) is 40.9 Å². The van der Waals surface area contributed by atoms with Gasteiger partial charge in [0.25, 0.3) is 0 Å². The molecule has 2 aromatic carbocycles. The van der Waals surface area contributed by atoms with Gasteiger partial charge in [0.1, 0.15) is 0 Å². The van der Waals surface area contributed by atoms with Crippen LogP contribution in [0.3, 0.4) is 0 Å². The summed E-state index contributed by atoms with van der Waals surface area (Å²) >= 11 is 3.63. The maximum absolute atomic E-state index is 5.47. The van der Waals surface area contributed by atoms with Gasteiger partial charge in [-0.3, -0.25) is 0 Å². The summed E-state index contributed by atoms with van der Waals surface area (Å²) in [6.45, 7) is 2.27. The van der Waals surface area contributed by atoms with Crippen LogP contribution in [0.4, 0.5) is 5.69 Å². The number of hydrogen-bond donors (Lipinski definition) is 0. The van der Waals surface area contributed by atoms with Crippen molar-refractivity contribution in [2.45, 2.75) is 13.0 Å². The van der Waals surface area contributed by atoms with Crippen LogP contribution in [0.25, 0.3) is 0 Å².